The van der Waals surface area contributed by atoms with Crippen LogP contribution in [-0.4, -0.2) is 247 Å². The molecule has 648 valence electrons. The minimum Gasteiger partial charge on any atom is -0.778 e. The number of carbonyl (C=O) groups is 6. The van der Waals surface area contributed by atoms with E-state index in [4.69, 9.17) is 88.7 Å². The fourth-order valence-corrected chi connectivity index (χ4v) is 16.9. The maximum atomic E-state index is 12.4. The number of nitrogens with one attached hydrogen (secondary N) is 6. The maximum Gasteiger partial charge on any atom is 0.320 e. The number of nitrogens with two attached hydrogens (primary N) is 3. The Morgan fingerprint density at radius 3 is 1.02 bits per heavy atom. The van der Waals surface area contributed by atoms with E-state index in [1.165, 1.54) is 38.0 Å². The quantitative estimate of drug-likeness (QED) is 0.0268. The summed E-state index contributed by atoms with van der Waals surface area (Å²) in [5.74, 6) is -3.86. The summed E-state index contributed by atoms with van der Waals surface area (Å²) in [4.78, 5) is 145. The van der Waals surface area contributed by atoms with Gasteiger partial charge in [-0.3, -0.25) is 44.0 Å². The number of rotatable bonds is 31. The Bertz CT molecular complexity index is 5090. The van der Waals surface area contributed by atoms with Crippen LogP contribution < -0.4 is 63.8 Å². The van der Waals surface area contributed by atoms with Crippen molar-refractivity contribution in [1.82, 2.24) is 74.5 Å². The Labute approximate surface area is 684 Å². The number of fused-ring (bicyclic) bond motifs is 6. The monoisotopic (exact) mass is 1740 g/mol. The second-order valence-corrected chi connectivity index (χ2v) is 33.1. The van der Waals surface area contributed by atoms with Crippen LogP contribution in [0.4, 0.5) is 31.8 Å². The number of ether oxygens (including phenoxy) is 9. The molecule has 3 aromatic carbocycles. The Hall–Kier alpha value is -10.5. The molecular formula is C70H83N21O27P3-3. The molecule has 6 aromatic heterocycles. The third-order valence-electron chi connectivity index (χ3n) is 19.1. The van der Waals surface area contributed by atoms with E-state index in [0.717, 1.165) is 16.7 Å². The smallest absolute Gasteiger partial charge is 0.320 e. The van der Waals surface area contributed by atoms with Crippen LogP contribution in [0.15, 0.2) is 129 Å². The first-order valence-electron chi connectivity index (χ1n) is 37.5. The number of aliphatic carboxylic acids is 3. The van der Waals surface area contributed by atoms with Crippen LogP contribution in [0.2, 0.25) is 0 Å². The number of imidazole rings is 3. The summed E-state index contributed by atoms with van der Waals surface area (Å²) in [5, 5.41) is 42.6. The number of hydrogen-bond donors (Lipinski definition) is 12. The summed E-state index contributed by atoms with van der Waals surface area (Å²) >= 11 is 0. The van der Waals surface area contributed by atoms with Crippen molar-refractivity contribution >= 4 is 110 Å². The van der Waals surface area contributed by atoms with Gasteiger partial charge in [0.2, 0.25) is 0 Å². The second kappa shape index (κ2) is 38.7. The van der Waals surface area contributed by atoms with Gasteiger partial charge in [-0.1, -0.05) is 91.0 Å². The van der Waals surface area contributed by atoms with Crippen LogP contribution in [0.25, 0.3) is 33.5 Å². The zero-order valence-electron chi connectivity index (χ0n) is 64.2. The third-order valence-corrected chi connectivity index (χ3v) is 23.3. The molecule has 0 aliphatic carbocycles. The van der Waals surface area contributed by atoms with Crippen LogP contribution in [0.5, 0.6) is 0 Å². The Kier molecular flexibility index (Phi) is 28.2. The lowest BCUT2D eigenvalue weighted by Gasteiger charge is -2.27. The van der Waals surface area contributed by atoms with E-state index in [2.05, 4.69) is 76.8 Å². The lowest BCUT2D eigenvalue weighted by molar-refractivity contribution is -0.205. The molecule has 9 aromatic rings. The SMILES string of the molecule is CCNC(=O)Nc1ncnc2c1ncn2[C@@H]1O[C@H](COP(=O)([O-])CC(N)C(=O)O)C2OC(Cc3ccccc3)O[C@@H]21.CCNC(=O)Nc1ncnc2c1ncn2[C@@H]1O[C@H](COP(=O)([O-])CC(N)C(=O)O)C2O[C@@H](c3ccccc3)O[C@@H]21.CCNC(=O)Nc1ncnc2c1ncn2[C@@H]1O[C@H](COP(=O)([O-])CC(N)C(=O)O)C2O[C@H](c3ccccc3)O[C@@H]21. The number of hydrogen-bond acceptors (Lipinski definition) is 36. The molecule has 15 rings (SSSR count). The first kappa shape index (κ1) is 88.3. The molecule has 21 atom stereocenters. The van der Waals surface area contributed by atoms with E-state index >= 15 is 0 Å². The molecule has 0 bridgehead atoms. The fourth-order valence-electron chi connectivity index (χ4n) is 13.6. The molecule has 6 fully saturated rings. The van der Waals surface area contributed by atoms with E-state index < -0.39 is 208 Å². The summed E-state index contributed by atoms with van der Waals surface area (Å²) in [6.45, 7) is 5.16. The number of carboxylic acids is 3. The molecule has 6 aliphatic rings. The van der Waals surface area contributed by atoms with Gasteiger partial charge in [0.15, 0.2) is 88.5 Å². The molecule has 0 spiro atoms. The minimum absolute atomic E-state index is 0.178. The minimum atomic E-state index is -4.63. The highest BCUT2D eigenvalue weighted by Crippen LogP contribution is 2.50. The predicted molar refractivity (Wildman–Crippen MR) is 409 cm³/mol. The molecule has 48 nitrogen and oxygen atoms in total. The average Bonchev–Trinajstić information content (AvgIpc) is 1.61. The largest absolute Gasteiger partial charge is 0.778 e. The highest BCUT2D eigenvalue weighted by atomic mass is 31.2. The molecule has 6 amide bonds. The van der Waals surface area contributed by atoms with Crippen LogP contribution in [0, 0.1) is 0 Å². The van der Waals surface area contributed by atoms with E-state index in [9.17, 15) is 57.1 Å². The summed E-state index contributed by atoms with van der Waals surface area (Å²) in [5.41, 5.74) is 20.4. The van der Waals surface area contributed by atoms with Crippen molar-refractivity contribution in [2.24, 2.45) is 17.2 Å². The molecule has 121 heavy (non-hydrogen) atoms. The summed E-state index contributed by atoms with van der Waals surface area (Å²) < 4.78 is 113. The van der Waals surface area contributed by atoms with Gasteiger partial charge in [-0.2, -0.15) is 0 Å². The number of urea groups is 3. The predicted octanol–water partition coefficient (Wildman–Crippen LogP) is 0.859. The van der Waals surface area contributed by atoms with Crippen LogP contribution in [0.1, 0.15) is 68.7 Å². The van der Waals surface area contributed by atoms with Crippen LogP contribution in [0.3, 0.4) is 0 Å². The van der Waals surface area contributed by atoms with Crippen molar-refractivity contribution in [3.63, 3.8) is 0 Å². The van der Waals surface area contributed by atoms with Gasteiger partial charge in [0, 0.05) is 55.7 Å². The number of benzene rings is 3. The van der Waals surface area contributed by atoms with Gasteiger partial charge in [0.05, 0.1) is 38.8 Å². The van der Waals surface area contributed by atoms with Crippen LogP contribution >= 0.6 is 22.8 Å². The topological polar surface area (TPSA) is 675 Å². The Morgan fingerprint density at radius 2 is 0.711 bits per heavy atom. The van der Waals surface area contributed by atoms with Gasteiger partial charge >= 0.3 is 36.0 Å². The van der Waals surface area contributed by atoms with Gasteiger partial charge < -0.3 is 133 Å². The van der Waals surface area contributed by atoms with E-state index in [-0.39, 0.29) is 17.5 Å². The molecule has 10 unspecified atom stereocenters. The van der Waals surface area contributed by atoms with Crippen molar-refractivity contribution in [3.8, 4) is 0 Å². The van der Waals surface area contributed by atoms with Crippen LogP contribution in [-0.2, 0) is 90.7 Å². The van der Waals surface area contributed by atoms with Gasteiger partial charge in [0.25, 0.3) is 0 Å². The Morgan fingerprint density at radius 1 is 0.421 bits per heavy atom. The molecule has 12 heterocycles. The zero-order chi connectivity index (χ0) is 86.0. The standard InChI is InChI=1S/C24H30N7O9P.2C23H28N7O9P/c1-2-26-24(34)30-20-17-21(28-11-27-20)31(12-29-17)22-19-18(39-16(40-19)8-13-6-4-3-5-7-13)15(38-22)9-37-41(35,36)10-14(25)23(32)33;2*1-2-25-23(33)29-18-15-19(27-10-26-18)30(11-28-15)20-17-16(38-22(39-17)12-6-4-3-5-7-12)14(37-20)8-36-40(34,35)9-13(24)21(31)32/h3-7,11-12,14-16,18-19,22H,2,8-10,25H2,1H3,(H,32,33)(H,35,36)(H2,26,27,28,30,34);2*3-7,10-11,13-14,16-17,20,22H,2,8-9,24H2,1H3,(H,31,32)(H,34,35)(H2,25,26,27,29,33)/p-3/t14?,15-,16?,18?,19+,22-;13?,14-,16?,17+,20-,22+;13?,14-,16?,17+,20-,22-/m111/s1. The van der Waals surface area contributed by atoms with Crippen molar-refractivity contribution in [1.29, 1.82) is 0 Å². The molecule has 51 heteroatoms. The first-order chi connectivity index (χ1) is 58.0. The summed E-state index contributed by atoms with van der Waals surface area (Å²) in [6, 6.07) is 21.5. The number of carbonyl (C=O) groups excluding carboxylic acids is 3. The highest BCUT2D eigenvalue weighted by Gasteiger charge is 2.57. The molecule has 0 saturated carbocycles. The van der Waals surface area contributed by atoms with Gasteiger partial charge in [-0.25, -0.2) is 59.2 Å². The number of anilines is 3. The van der Waals surface area contributed by atoms with Crippen molar-refractivity contribution in [2.75, 3.05) is 73.9 Å². The third kappa shape index (κ3) is 21.2. The van der Waals surface area contributed by atoms with Gasteiger partial charge in [0.1, 0.15) is 115 Å². The number of nitrogens with zero attached hydrogens (tertiary/aromatic N) is 12. The molecule has 6 aliphatic heterocycles. The normalized spacial score (nSPS) is 26.1. The van der Waals surface area contributed by atoms with E-state index in [1.807, 2.05) is 91.0 Å². The Balaban J connectivity index is 0.000000157. The lowest BCUT2D eigenvalue weighted by atomic mass is 10.1. The van der Waals surface area contributed by atoms with Crippen molar-refractivity contribution in [2.45, 2.75) is 138 Å². The number of amides is 6. The zero-order valence-corrected chi connectivity index (χ0v) is 66.9. The summed E-state index contributed by atoms with van der Waals surface area (Å²) in [7, 11) is -13.9. The lowest BCUT2D eigenvalue weighted by Crippen LogP contribution is -2.37. The summed E-state index contributed by atoms with van der Waals surface area (Å²) in [6.07, 6.45) is -6.20. The number of aromatic nitrogens is 12. The maximum absolute atomic E-state index is 12.4. The molecular weight excluding hydrogens is 1660 g/mol. The van der Waals surface area contributed by atoms with Gasteiger partial charge in [-0.05, 0) is 26.3 Å². The van der Waals surface area contributed by atoms with Crippen molar-refractivity contribution < 1.29 is 129 Å². The second-order valence-electron chi connectivity index (χ2n) is 27.6. The van der Waals surface area contributed by atoms with E-state index in [0.29, 0.717) is 59.5 Å². The first-order valence-corrected chi connectivity index (χ1v) is 42.7. The molecule has 0 radical (unpaired) electrons. The fraction of sp³-hybridized carbons (Fsp3) is 0.443. The van der Waals surface area contributed by atoms with E-state index in [1.54, 1.807) is 34.5 Å². The number of carboxylic acid groups (broad SMARTS) is 3. The average molecular weight is 1740 g/mol. The molecule has 15 N–H and O–H groups in total. The highest BCUT2D eigenvalue weighted by molar-refractivity contribution is 7.52. The molecule has 6 saturated heterocycles. The van der Waals surface area contributed by atoms with Crippen molar-refractivity contribution in [3.05, 3.63) is 146 Å². The van der Waals surface area contributed by atoms with Gasteiger partial charge in [-0.15, -0.1) is 0 Å².